The van der Waals surface area contributed by atoms with Crippen molar-refractivity contribution in [3.05, 3.63) is 0 Å². The van der Waals surface area contributed by atoms with E-state index >= 15 is 0 Å². The molecular weight excluding hydrogens is 422 g/mol. The lowest BCUT2D eigenvalue weighted by Crippen LogP contribution is -2.29. The molecule has 0 unspecified atom stereocenters. The SMILES string of the molecule is CCCCCCCCCC(I)(I)C(C)(C)C. The fraction of sp³-hybridized carbons (Fsp3) is 1.00. The van der Waals surface area contributed by atoms with Gasteiger partial charge in [-0.2, -0.15) is 0 Å². The van der Waals surface area contributed by atoms with Gasteiger partial charge in [-0.25, -0.2) is 0 Å². The Balaban J connectivity index is 3.51. The van der Waals surface area contributed by atoms with Crippen molar-refractivity contribution < 1.29 is 0 Å². The zero-order valence-electron chi connectivity index (χ0n) is 11.4. The lowest BCUT2D eigenvalue weighted by Gasteiger charge is -2.35. The van der Waals surface area contributed by atoms with E-state index in [2.05, 4.69) is 72.9 Å². The summed E-state index contributed by atoms with van der Waals surface area (Å²) in [5.41, 5.74) is 0.413. The van der Waals surface area contributed by atoms with Gasteiger partial charge in [0.25, 0.3) is 0 Å². The monoisotopic (exact) mass is 450 g/mol. The van der Waals surface area contributed by atoms with Crippen molar-refractivity contribution in [2.75, 3.05) is 0 Å². The van der Waals surface area contributed by atoms with E-state index in [0.29, 0.717) is 6.84 Å². The van der Waals surface area contributed by atoms with Gasteiger partial charge in [0.15, 0.2) is 0 Å². The summed E-state index contributed by atoms with van der Waals surface area (Å²) < 4.78 is 0.423. The van der Waals surface area contributed by atoms with Crippen LogP contribution in [-0.2, 0) is 0 Å². The molecule has 0 aromatic carbocycles. The Bertz CT molecular complexity index is 168. The molecule has 0 aliphatic heterocycles. The molecule has 0 fully saturated rings. The minimum absolute atomic E-state index is 0.413. The molecule has 0 aliphatic carbocycles. The van der Waals surface area contributed by atoms with Gasteiger partial charge in [-0.05, 0) is 11.8 Å². The number of hydrogen-bond donors (Lipinski definition) is 0. The van der Waals surface area contributed by atoms with E-state index in [1.807, 2.05) is 0 Å². The molecular formula is C14H28I2. The van der Waals surface area contributed by atoms with Gasteiger partial charge in [-0.3, -0.25) is 0 Å². The molecule has 0 saturated carbocycles. The molecule has 0 rings (SSSR count). The van der Waals surface area contributed by atoms with Gasteiger partial charge >= 0.3 is 0 Å². The molecule has 0 spiro atoms. The average molecular weight is 450 g/mol. The fourth-order valence-corrected chi connectivity index (χ4v) is 2.44. The molecule has 98 valence electrons. The highest BCUT2D eigenvalue weighted by Gasteiger charge is 2.35. The van der Waals surface area contributed by atoms with Gasteiger partial charge in [0.2, 0.25) is 0 Å². The summed E-state index contributed by atoms with van der Waals surface area (Å²) in [4.78, 5) is 0. The zero-order chi connectivity index (χ0) is 12.7. The normalized spacial score (nSPS) is 13.1. The molecule has 0 heterocycles. The zero-order valence-corrected chi connectivity index (χ0v) is 15.7. The molecule has 0 saturated heterocycles. The molecule has 0 aromatic rings. The van der Waals surface area contributed by atoms with Crippen LogP contribution in [0.25, 0.3) is 0 Å². The van der Waals surface area contributed by atoms with Crippen LogP contribution in [0, 0.1) is 5.41 Å². The van der Waals surface area contributed by atoms with Crippen LogP contribution in [0.2, 0.25) is 0 Å². The molecule has 0 atom stereocenters. The Hall–Kier alpha value is 1.46. The Morgan fingerprint density at radius 3 is 1.62 bits per heavy atom. The Kier molecular flexibility index (Phi) is 9.32. The quantitative estimate of drug-likeness (QED) is 0.218. The minimum Gasteiger partial charge on any atom is -0.0666 e. The smallest absolute Gasteiger partial charge is 0.0666 e. The number of alkyl halides is 2. The lowest BCUT2D eigenvalue weighted by molar-refractivity contribution is 0.371. The van der Waals surface area contributed by atoms with Crippen molar-refractivity contribution in [3.63, 3.8) is 0 Å². The summed E-state index contributed by atoms with van der Waals surface area (Å²) in [6, 6.07) is 0. The van der Waals surface area contributed by atoms with E-state index in [1.54, 1.807) is 0 Å². The predicted molar refractivity (Wildman–Crippen MR) is 92.8 cm³/mol. The van der Waals surface area contributed by atoms with Crippen molar-refractivity contribution in [1.29, 1.82) is 0 Å². The molecule has 0 N–H and O–H groups in total. The Labute approximate surface area is 130 Å². The maximum Gasteiger partial charge on any atom is 0.0782 e. The summed E-state index contributed by atoms with van der Waals surface area (Å²) in [6.07, 6.45) is 11.3. The first-order chi connectivity index (χ1) is 7.31. The first-order valence-corrected chi connectivity index (χ1v) is 8.85. The first-order valence-electron chi connectivity index (χ1n) is 6.69. The summed E-state index contributed by atoms with van der Waals surface area (Å²) in [5.74, 6) is 0. The van der Waals surface area contributed by atoms with E-state index in [1.165, 1.54) is 51.4 Å². The van der Waals surface area contributed by atoms with Crippen molar-refractivity contribution in [1.82, 2.24) is 0 Å². The van der Waals surface area contributed by atoms with Crippen LogP contribution in [-0.4, -0.2) is 1.43 Å². The number of unbranched alkanes of at least 4 members (excludes halogenated alkanes) is 6. The third-order valence-electron chi connectivity index (χ3n) is 3.19. The molecule has 2 heteroatoms. The van der Waals surface area contributed by atoms with E-state index in [0.717, 1.165) is 0 Å². The molecule has 0 bridgehead atoms. The van der Waals surface area contributed by atoms with Crippen LogP contribution < -0.4 is 0 Å². The number of hydrogen-bond acceptors (Lipinski definition) is 0. The Morgan fingerprint density at radius 2 is 1.19 bits per heavy atom. The molecule has 0 aromatic heterocycles. The highest BCUT2D eigenvalue weighted by Crippen LogP contribution is 2.48. The highest BCUT2D eigenvalue weighted by atomic mass is 127. The number of halogens is 2. The highest BCUT2D eigenvalue weighted by molar-refractivity contribution is 14.2. The average Bonchev–Trinajstić information content (AvgIpc) is 2.14. The van der Waals surface area contributed by atoms with Gasteiger partial charge in [0.05, 0.1) is 1.43 Å². The molecule has 0 aliphatic rings. The molecule has 0 amide bonds. The van der Waals surface area contributed by atoms with E-state index in [-0.39, 0.29) is 0 Å². The standard InChI is InChI=1S/C14H28I2/c1-5-6-7-8-9-10-11-12-14(15,16)13(2,3)4/h5-12H2,1-4H3. The third kappa shape index (κ3) is 7.72. The molecule has 0 nitrogen and oxygen atoms in total. The summed E-state index contributed by atoms with van der Waals surface area (Å²) in [7, 11) is 0. The van der Waals surface area contributed by atoms with Crippen LogP contribution in [0.4, 0.5) is 0 Å². The van der Waals surface area contributed by atoms with Gasteiger partial charge in [0, 0.05) is 0 Å². The fourth-order valence-electron chi connectivity index (χ4n) is 1.68. The van der Waals surface area contributed by atoms with Crippen LogP contribution in [0.1, 0.15) is 79.1 Å². The minimum atomic E-state index is 0.413. The maximum atomic E-state index is 2.64. The summed E-state index contributed by atoms with van der Waals surface area (Å²) >= 11 is 5.29. The Morgan fingerprint density at radius 1 is 0.750 bits per heavy atom. The van der Waals surface area contributed by atoms with Gasteiger partial charge in [-0.1, -0.05) is 118 Å². The topological polar surface area (TPSA) is 0 Å². The van der Waals surface area contributed by atoms with Gasteiger partial charge in [0.1, 0.15) is 0 Å². The van der Waals surface area contributed by atoms with Crippen LogP contribution in [0.3, 0.4) is 0 Å². The van der Waals surface area contributed by atoms with Crippen molar-refractivity contribution in [2.45, 2.75) is 80.5 Å². The molecule has 0 radical (unpaired) electrons. The summed E-state index contributed by atoms with van der Waals surface area (Å²) in [6.45, 7) is 9.34. The molecule has 16 heavy (non-hydrogen) atoms. The van der Waals surface area contributed by atoms with E-state index in [9.17, 15) is 0 Å². The van der Waals surface area contributed by atoms with Crippen LogP contribution in [0.15, 0.2) is 0 Å². The maximum absolute atomic E-state index is 2.64. The van der Waals surface area contributed by atoms with Crippen molar-refractivity contribution >= 4 is 45.2 Å². The van der Waals surface area contributed by atoms with Crippen molar-refractivity contribution in [3.8, 4) is 0 Å². The third-order valence-corrected chi connectivity index (χ3v) is 7.51. The van der Waals surface area contributed by atoms with Crippen LogP contribution in [0.5, 0.6) is 0 Å². The van der Waals surface area contributed by atoms with Crippen LogP contribution >= 0.6 is 45.2 Å². The summed E-state index contributed by atoms with van der Waals surface area (Å²) in [5, 5.41) is 0. The van der Waals surface area contributed by atoms with E-state index < -0.39 is 0 Å². The van der Waals surface area contributed by atoms with Gasteiger partial charge < -0.3 is 0 Å². The second-order valence-electron chi connectivity index (χ2n) is 5.83. The largest absolute Gasteiger partial charge is 0.0782 e. The lowest BCUT2D eigenvalue weighted by atomic mass is 9.89. The predicted octanol–water partition coefficient (Wildman–Crippen LogP) is 6.74. The van der Waals surface area contributed by atoms with Gasteiger partial charge in [-0.15, -0.1) is 0 Å². The second-order valence-corrected chi connectivity index (χ2v) is 11.6. The van der Waals surface area contributed by atoms with E-state index in [4.69, 9.17) is 0 Å². The second kappa shape index (κ2) is 8.54. The van der Waals surface area contributed by atoms with Crippen molar-refractivity contribution in [2.24, 2.45) is 5.41 Å². The first kappa shape index (κ1) is 17.5. The number of rotatable bonds is 8.